The summed E-state index contributed by atoms with van der Waals surface area (Å²) in [5, 5.41) is 14.4. The van der Waals surface area contributed by atoms with Crippen molar-refractivity contribution in [2.24, 2.45) is 0 Å². The summed E-state index contributed by atoms with van der Waals surface area (Å²) < 4.78 is 15.6. The monoisotopic (exact) mass is 304 g/mol. The fourth-order valence-electron chi connectivity index (χ4n) is 2.09. The molecule has 7 nitrogen and oxygen atoms in total. The lowest BCUT2D eigenvalue weighted by Gasteiger charge is -2.24. The number of ether oxygens (including phenoxy) is 3. The number of rotatable bonds is 4. The number of halogens is 1. The van der Waals surface area contributed by atoms with Gasteiger partial charge in [-0.15, -0.1) is 12.4 Å². The van der Waals surface area contributed by atoms with Gasteiger partial charge in [0.2, 0.25) is 0 Å². The van der Waals surface area contributed by atoms with Crippen molar-refractivity contribution in [3.8, 4) is 11.5 Å². The molecule has 8 heteroatoms. The van der Waals surface area contributed by atoms with Crippen LogP contribution in [0.3, 0.4) is 0 Å². The first-order chi connectivity index (χ1) is 9.17. The van der Waals surface area contributed by atoms with Crippen molar-refractivity contribution in [3.63, 3.8) is 0 Å². The molecular weight excluding hydrogens is 288 g/mol. The van der Waals surface area contributed by atoms with Crippen LogP contribution in [0.5, 0.6) is 11.5 Å². The number of hydrogen-bond donors (Lipinski definition) is 1. The molecule has 20 heavy (non-hydrogen) atoms. The summed E-state index contributed by atoms with van der Waals surface area (Å²) in [7, 11) is 2.95. The molecule has 0 saturated carbocycles. The van der Waals surface area contributed by atoms with Gasteiger partial charge in [-0.2, -0.15) is 0 Å². The standard InChI is InChI=1S/C12H16N2O5.ClH/c1-17-11-5-8(9-7-19-4-3-13-9)10(14(15)16)6-12(11)18-2;/h5-6,9,13H,3-4,7H2,1-2H3;1H/t9-;/m1./s1. The average molecular weight is 305 g/mol. The van der Waals surface area contributed by atoms with E-state index in [2.05, 4.69) is 5.32 Å². The maximum absolute atomic E-state index is 11.2. The number of nitro groups is 1. The molecule has 2 rings (SSSR count). The molecule has 1 saturated heterocycles. The molecular formula is C12H17ClN2O5. The van der Waals surface area contributed by atoms with E-state index in [-0.39, 0.29) is 24.1 Å². The van der Waals surface area contributed by atoms with Crippen molar-refractivity contribution in [3.05, 3.63) is 27.8 Å². The van der Waals surface area contributed by atoms with Crippen molar-refractivity contribution in [2.45, 2.75) is 6.04 Å². The highest BCUT2D eigenvalue weighted by Gasteiger charge is 2.27. The second-order valence-electron chi connectivity index (χ2n) is 4.10. The van der Waals surface area contributed by atoms with Crippen LogP contribution in [-0.2, 0) is 4.74 Å². The predicted octanol–water partition coefficient (Wildman–Crippen LogP) is 1.69. The van der Waals surface area contributed by atoms with E-state index in [1.54, 1.807) is 6.07 Å². The molecule has 1 fully saturated rings. The van der Waals surface area contributed by atoms with Gasteiger partial charge in [0.15, 0.2) is 11.5 Å². The molecule has 0 unspecified atom stereocenters. The highest BCUT2D eigenvalue weighted by atomic mass is 35.5. The van der Waals surface area contributed by atoms with Crippen LogP contribution in [-0.4, -0.2) is 38.9 Å². The third-order valence-corrected chi connectivity index (χ3v) is 3.03. The SMILES string of the molecule is COc1cc([C@H]2COCCN2)c([N+](=O)[O-])cc1OC.Cl. The predicted molar refractivity (Wildman–Crippen MR) is 75.0 cm³/mol. The molecule has 0 aliphatic carbocycles. The Morgan fingerprint density at radius 3 is 2.50 bits per heavy atom. The minimum atomic E-state index is -0.423. The first kappa shape index (κ1) is 16.5. The molecule has 1 aromatic rings. The minimum Gasteiger partial charge on any atom is -0.493 e. The zero-order chi connectivity index (χ0) is 13.8. The minimum absolute atomic E-state index is 0. The summed E-state index contributed by atoms with van der Waals surface area (Å²) in [4.78, 5) is 10.7. The zero-order valence-electron chi connectivity index (χ0n) is 11.3. The summed E-state index contributed by atoms with van der Waals surface area (Å²) >= 11 is 0. The van der Waals surface area contributed by atoms with Crippen LogP contribution in [0, 0.1) is 10.1 Å². The summed E-state index contributed by atoms with van der Waals surface area (Å²) in [6, 6.07) is 2.79. The molecule has 0 aromatic heterocycles. The van der Waals surface area contributed by atoms with Crippen LogP contribution < -0.4 is 14.8 Å². The van der Waals surface area contributed by atoms with E-state index in [9.17, 15) is 10.1 Å². The van der Waals surface area contributed by atoms with Gasteiger partial charge in [0.25, 0.3) is 5.69 Å². The molecule has 0 bridgehead atoms. The molecule has 1 aliphatic heterocycles. The highest BCUT2D eigenvalue weighted by Crippen LogP contribution is 2.37. The Hall–Kier alpha value is -1.57. The maximum atomic E-state index is 11.2. The van der Waals surface area contributed by atoms with Gasteiger partial charge in [-0.3, -0.25) is 10.1 Å². The van der Waals surface area contributed by atoms with Crippen LogP contribution in [0.1, 0.15) is 11.6 Å². The quantitative estimate of drug-likeness (QED) is 0.673. The lowest BCUT2D eigenvalue weighted by Crippen LogP contribution is -2.34. The summed E-state index contributed by atoms with van der Waals surface area (Å²) in [5.74, 6) is 0.810. The van der Waals surface area contributed by atoms with Crippen molar-refractivity contribution in [1.82, 2.24) is 5.32 Å². The largest absolute Gasteiger partial charge is 0.493 e. The number of benzene rings is 1. The molecule has 1 N–H and O–H groups in total. The van der Waals surface area contributed by atoms with Crippen LogP contribution in [0.2, 0.25) is 0 Å². The van der Waals surface area contributed by atoms with Crippen LogP contribution >= 0.6 is 12.4 Å². The number of morpholine rings is 1. The number of methoxy groups -OCH3 is 2. The van der Waals surface area contributed by atoms with Gasteiger partial charge in [-0.05, 0) is 6.07 Å². The van der Waals surface area contributed by atoms with Gasteiger partial charge in [-0.1, -0.05) is 0 Å². The molecule has 1 aliphatic rings. The van der Waals surface area contributed by atoms with Crippen molar-refractivity contribution >= 4 is 18.1 Å². The van der Waals surface area contributed by atoms with Gasteiger partial charge in [-0.25, -0.2) is 0 Å². The molecule has 0 spiro atoms. The fraction of sp³-hybridized carbons (Fsp3) is 0.500. The Morgan fingerprint density at radius 2 is 2.00 bits per heavy atom. The van der Waals surface area contributed by atoms with Crippen molar-refractivity contribution < 1.29 is 19.1 Å². The van der Waals surface area contributed by atoms with Crippen LogP contribution in [0.25, 0.3) is 0 Å². The van der Waals surface area contributed by atoms with Crippen LogP contribution in [0.4, 0.5) is 5.69 Å². The molecule has 0 radical (unpaired) electrons. The van der Waals surface area contributed by atoms with Crippen molar-refractivity contribution in [2.75, 3.05) is 34.0 Å². The Morgan fingerprint density at radius 1 is 1.35 bits per heavy atom. The average Bonchev–Trinajstić information content (AvgIpc) is 2.46. The number of nitrogens with zero attached hydrogens (tertiary/aromatic N) is 1. The Kier molecular flexibility index (Phi) is 6.00. The molecule has 1 heterocycles. The highest BCUT2D eigenvalue weighted by molar-refractivity contribution is 5.85. The topological polar surface area (TPSA) is 82.9 Å². The smallest absolute Gasteiger partial charge is 0.278 e. The van der Waals surface area contributed by atoms with E-state index in [0.717, 1.165) is 0 Å². The van der Waals surface area contributed by atoms with E-state index < -0.39 is 4.92 Å². The Labute approximate surface area is 122 Å². The third kappa shape index (κ3) is 3.30. The normalized spacial score (nSPS) is 18.0. The Bertz CT molecular complexity index is 477. The number of hydrogen-bond acceptors (Lipinski definition) is 6. The second kappa shape index (κ2) is 7.28. The summed E-state index contributed by atoms with van der Waals surface area (Å²) in [6.07, 6.45) is 0. The first-order valence-electron chi connectivity index (χ1n) is 5.88. The zero-order valence-corrected chi connectivity index (χ0v) is 12.1. The van der Waals surface area contributed by atoms with E-state index in [1.165, 1.54) is 20.3 Å². The summed E-state index contributed by atoms with van der Waals surface area (Å²) in [6.45, 7) is 1.67. The lowest BCUT2D eigenvalue weighted by molar-refractivity contribution is -0.386. The van der Waals surface area contributed by atoms with E-state index >= 15 is 0 Å². The fourth-order valence-corrected chi connectivity index (χ4v) is 2.09. The van der Waals surface area contributed by atoms with Crippen LogP contribution in [0.15, 0.2) is 12.1 Å². The first-order valence-corrected chi connectivity index (χ1v) is 5.88. The molecule has 0 amide bonds. The third-order valence-electron chi connectivity index (χ3n) is 3.03. The number of nitro benzene ring substituents is 1. The Balaban J connectivity index is 0.00000200. The van der Waals surface area contributed by atoms with Gasteiger partial charge in [0, 0.05) is 6.54 Å². The summed E-state index contributed by atoms with van der Waals surface area (Å²) in [5.41, 5.74) is 0.544. The molecule has 1 atom stereocenters. The van der Waals surface area contributed by atoms with Crippen molar-refractivity contribution in [1.29, 1.82) is 0 Å². The van der Waals surface area contributed by atoms with E-state index in [4.69, 9.17) is 14.2 Å². The second-order valence-corrected chi connectivity index (χ2v) is 4.10. The van der Waals surface area contributed by atoms with Gasteiger partial charge in [0.05, 0.1) is 50.0 Å². The molecule has 112 valence electrons. The lowest BCUT2D eigenvalue weighted by atomic mass is 10.0. The maximum Gasteiger partial charge on any atom is 0.278 e. The van der Waals surface area contributed by atoms with Gasteiger partial charge in [0.1, 0.15) is 0 Å². The van der Waals surface area contributed by atoms with Gasteiger partial charge < -0.3 is 19.5 Å². The van der Waals surface area contributed by atoms with E-state index in [0.29, 0.717) is 36.8 Å². The molecule has 1 aromatic carbocycles. The number of nitrogens with one attached hydrogen (secondary N) is 1. The van der Waals surface area contributed by atoms with E-state index in [1.807, 2.05) is 0 Å². The van der Waals surface area contributed by atoms with Gasteiger partial charge >= 0.3 is 0 Å².